The smallest absolute Gasteiger partial charge is 0.409 e. The van der Waals surface area contributed by atoms with E-state index in [2.05, 4.69) is 41.4 Å². The average molecular weight is 564 g/mol. The van der Waals surface area contributed by atoms with Gasteiger partial charge in [-0.3, -0.25) is 4.79 Å². The number of hydrogen-bond donors (Lipinski definition) is 2. The molecule has 0 spiro atoms. The lowest BCUT2D eigenvalue weighted by atomic mass is 9.94. The fourth-order valence-corrected chi connectivity index (χ4v) is 2.95. The van der Waals surface area contributed by atoms with Crippen molar-refractivity contribution in [3.05, 3.63) is 17.8 Å². The molecule has 182 valence electrons. The summed E-state index contributed by atoms with van der Waals surface area (Å²) in [7, 11) is 3.40. The second kappa shape index (κ2) is 12.9. The number of carbonyl (C=O) groups excluding carboxylic acids is 2. The third-order valence-corrected chi connectivity index (χ3v) is 4.93. The van der Waals surface area contributed by atoms with Crippen LogP contribution in [-0.2, 0) is 21.5 Å². The molecule has 2 N–H and O–H groups in total. The van der Waals surface area contributed by atoms with Crippen molar-refractivity contribution in [2.75, 3.05) is 40.3 Å². The van der Waals surface area contributed by atoms with Gasteiger partial charge in [-0.05, 0) is 19.8 Å². The van der Waals surface area contributed by atoms with Crippen molar-refractivity contribution in [3.8, 4) is 0 Å². The zero-order valence-corrected chi connectivity index (χ0v) is 22.3. The first kappa shape index (κ1) is 28.0. The molecule has 0 aliphatic carbocycles. The summed E-state index contributed by atoms with van der Waals surface area (Å²) in [5.74, 6) is 1.78. The second-order valence-corrected chi connectivity index (χ2v) is 8.78. The Labute approximate surface area is 207 Å². The first-order chi connectivity index (χ1) is 14.6. The van der Waals surface area contributed by atoms with E-state index in [0.29, 0.717) is 38.1 Å². The van der Waals surface area contributed by atoms with Gasteiger partial charge < -0.3 is 29.6 Å². The van der Waals surface area contributed by atoms with E-state index < -0.39 is 0 Å². The summed E-state index contributed by atoms with van der Waals surface area (Å²) < 4.78 is 10.9. The summed E-state index contributed by atoms with van der Waals surface area (Å²) in [6.45, 7) is 9.95. The monoisotopic (exact) mass is 564 g/mol. The minimum Gasteiger partial charge on any atom is -0.450 e. The van der Waals surface area contributed by atoms with Crippen LogP contribution in [0.2, 0.25) is 0 Å². The number of halogens is 1. The third kappa shape index (κ3) is 8.83. The lowest BCUT2D eigenvalue weighted by molar-refractivity contribution is -0.127. The molecule has 0 saturated carbocycles. The molecule has 1 aromatic rings. The Kier molecular flexibility index (Phi) is 11.2. The van der Waals surface area contributed by atoms with Gasteiger partial charge in [-0.1, -0.05) is 20.8 Å². The number of likely N-dealkylation sites (N-methyl/N-ethyl adjacent to an activating group) is 1. The number of amides is 2. The number of aromatic nitrogens is 1. The normalized spacial score (nSPS) is 15.1. The van der Waals surface area contributed by atoms with Gasteiger partial charge in [0, 0.05) is 38.6 Å². The Morgan fingerprint density at radius 2 is 1.97 bits per heavy atom. The van der Waals surface area contributed by atoms with Crippen LogP contribution in [0, 0.1) is 0 Å². The van der Waals surface area contributed by atoms with Crippen molar-refractivity contribution < 1.29 is 18.7 Å². The van der Waals surface area contributed by atoms with Gasteiger partial charge in [0.25, 0.3) is 0 Å². The first-order valence-corrected chi connectivity index (χ1v) is 10.7. The molecular formula is C21H37IN6O4. The van der Waals surface area contributed by atoms with Crippen molar-refractivity contribution in [1.82, 2.24) is 25.4 Å². The molecule has 0 bridgehead atoms. The van der Waals surface area contributed by atoms with Crippen molar-refractivity contribution in [2.45, 2.75) is 58.5 Å². The lowest BCUT2D eigenvalue weighted by Crippen LogP contribution is -2.50. The predicted octanol–water partition coefficient (Wildman–Crippen LogP) is 2.33. The minimum atomic E-state index is -0.275. The highest BCUT2D eigenvalue weighted by atomic mass is 127. The highest BCUT2D eigenvalue weighted by Crippen LogP contribution is 2.22. The summed E-state index contributed by atoms with van der Waals surface area (Å²) >= 11 is 0. The Bertz CT molecular complexity index is 767. The highest BCUT2D eigenvalue weighted by molar-refractivity contribution is 14.0. The van der Waals surface area contributed by atoms with Crippen LogP contribution in [0.3, 0.4) is 0 Å². The van der Waals surface area contributed by atoms with Crippen LogP contribution in [0.4, 0.5) is 4.79 Å². The Morgan fingerprint density at radius 1 is 1.31 bits per heavy atom. The fourth-order valence-electron chi connectivity index (χ4n) is 2.95. The van der Waals surface area contributed by atoms with Gasteiger partial charge in [0.05, 0.1) is 19.3 Å². The molecule has 2 rings (SSSR count). The number of nitrogens with zero attached hydrogens (tertiary/aromatic N) is 4. The van der Waals surface area contributed by atoms with Gasteiger partial charge in [0.2, 0.25) is 11.8 Å². The minimum absolute atomic E-state index is 0. The molecule has 2 amide bonds. The molecule has 0 atom stereocenters. The number of aliphatic imine (C=N–C) groups is 1. The maximum atomic E-state index is 12.0. The van der Waals surface area contributed by atoms with Crippen LogP contribution >= 0.6 is 24.0 Å². The molecule has 32 heavy (non-hydrogen) atoms. The van der Waals surface area contributed by atoms with Gasteiger partial charge in [-0.2, -0.15) is 0 Å². The first-order valence-electron chi connectivity index (χ1n) is 10.7. The van der Waals surface area contributed by atoms with Crippen molar-refractivity contribution >= 4 is 41.9 Å². The molecule has 1 aromatic heterocycles. The molecule has 2 heterocycles. The van der Waals surface area contributed by atoms with E-state index >= 15 is 0 Å². The van der Waals surface area contributed by atoms with Crippen molar-refractivity contribution in [3.63, 3.8) is 0 Å². The third-order valence-electron chi connectivity index (χ3n) is 4.93. The number of rotatable bonds is 6. The summed E-state index contributed by atoms with van der Waals surface area (Å²) in [6.07, 6.45) is 2.98. The van der Waals surface area contributed by atoms with Crippen LogP contribution in [-0.4, -0.2) is 79.1 Å². The van der Waals surface area contributed by atoms with E-state index in [9.17, 15) is 9.59 Å². The molecule has 0 unspecified atom stereocenters. The summed E-state index contributed by atoms with van der Waals surface area (Å²) in [6, 6.07) is 0.126. The molecule has 10 nitrogen and oxygen atoms in total. The van der Waals surface area contributed by atoms with E-state index in [1.54, 1.807) is 32.1 Å². The molecule has 1 fully saturated rings. The maximum absolute atomic E-state index is 12.0. The van der Waals surface area contributed by atoms with Gasteiger partial charge in [0.1, 0.15) is 12.3 Å². The number of oxazole rings is 1. The molecule has 11 heteroatoms. The Morgan fingerprint density at radius 3 is 2.50 bits per heavy atom. The number of ether oxygens (including phenoxy) is 1. The second-order valence-electron chi connectivity index (χ2n) is 8.78. The number of likely N-dealkylation sites (tertiary alicyclic amines) is 1. The largest absolute Gasteiger partial charge is 0.450 e. The molecule has 0 radical (unpaired) electrons. The van der Waals surface area contributed by atoms with E-state index in [1.807, 2.05) is 0 Å². The van der Waals surface area contributed by atoms with Gasteiger partial charge in [-0.15, -0.1) is 24.0 Å². The quantitative estimate of drug-likeness (QED) is 0.310. The standard InChI is InChI=1S/C21H36N6O4.HI/c1-7-30-20(29)27-10-8-15(9-11-27)25-19(24-14-18(28)26(5)6)23-13-17-22-12-16(31-17)21(2,3)4;/h12,15H,7-11,13-14H2,1-6H3,(H2,23,24,25);1H. The molecule has 1 aliphatic rings. The molecule has 1 aliphatic heterocycles. The zero-order chi connectivity index (χ0) is 23.0. The van der Waals surface area contributed by atoms with Crippen LogP contribution in [0.15, 0.2) is 15.6 Å². The Hall–Kier alpha value is -2.05. The van der Waals surface area contributed by atoms with Crippen LogP contribution < -0.4 is 10.6 Å². The van der Waals surface area contributed by atoms with Gasteiger partial charge in [-0.25, -0.2) is 14.8 Å². The van der Waals surface area contributed by atoms with Gasteiger partial charge >= 0.3 is 6.09 Å². The molecule has 0 aromatic carbocycles. The zero-order valence-electron chi connectivity index (χ0n) is 19.9. The number of guanidine groups is 1. The average Bonchev–Trinajstić information content (AvgIpc) is 3.20. The maximum Gasteiger partial charge on any atom is 0.409 e. The highest BCUT2D eigenvalue weighted by Gasteiger charge is 2.24. The number of piperidine rings is 1. The molecular weight excluding hydrogens is 527 g/mol. The Balaban J connectivity index is 0.00000512. The summed E-state index contributed by atoms with van der Waals surface area (Å²) in [4.78, 5) is 35.8. The van der Waals surface area contributed by atoms with E-state index in [4.69, 9.17) is 9.15 Å². The topological polar surface area (TPSA) is 112 Å². The predicted molar refractivity (Wildman–Crippen MR) is 133 cm³/mol. The lowest BCUT2D eigenvalue weighted by Gasteiger charge is -2.32. The summed E-state index contributed by atoms with van der Waals surface area (Å²) in [5, 5.41) is 6.57. The number of nitrogens with one attached hydrogen (secondary N) is 2. The van der Waals surface area contributed by atoms with Crippen LogP contribution in [0.5, 0.6) is 0 Å². The van der Waals surface area contributed by atoms with Crippen LogP contribution in [0.1, 0.15) is 52.2 Å². The van der Waals surface area contributed by atoms with Crippen molar-refractivity contribution in [1.29, 1.82) is 0 Å². The van der Waals surface area contributed by atoms with Gasteiger partial charge in [0.15, 0.2) is 5.96 Å². The van der Waals surface area contributed by atoms with E-state index in [-0.39, 0.29) is 54.0 Å². The molecule has 1 saturated heterocycles. The number of carbonyl (C=O) groups is 2. The fraction of sp³-hybridized carbons (Fsp3) is 0.714. The van der Waals surface area contributed by atoms with E-state index in [0.717, 1.165) is 18.6 Å². The van der Waals surface area contributed by atoms with Crippen molar-refractivity contribution in [2.24, 2.45) is 4.99 Å². The number of hydrogen-bond acceptors (Lipinski definition) is 6. The SMILES string of the molecule is CCOC(=O)N1CCC(NC(=NCC(=O)N(C)C)NCc2ncc(C(C)(C)C)o2)CC1.I. The summed E-state index contributed by atoms with van der Waals surface area (Å²) in [5.41, 5.74) is -0.120. The van der Waals surface area contributed by atoms with E-state index in [1.165, 1.54) is 4.90 Å². The van der Waals surface area contributed by atoms with Crippen LogP contribution in [0.25, 0.3) is 0 Å².